The number of amides is 2. The molecule has 1 unspecified atom stereocenters. The molecular formula is C20H28N2O2S. The van der Waals surface area contributed by atoms with Crippen LogP contribution in [0.4, 0.5) is 5.69 Å². The number of nitrogens with one attached hydrogen (secondary N) is 1. The van der Waals surface area contributed by atoms with Gasteiger partial charge in [0.2, 0.25) is 11.8 Å². The number of para-hydroxylation sites is 1. The molecule has 5 heteroatoms. The first-order valence-electron chi connectivity index (χ1n) is 9.49. The summed E-state index contributed by atoms with van der Waals surface area (Å²) < 4.78 is 0. The van der Waals surface area contributed by atoms with E-state index in [0.717, 1.165) is 23.4 Å². The zero-order valence-corrected chi connectivity index (χ0v) is 15.8. The summed E-state index contributed by atoms with van der Waals surface area (Å²) in [5.74, 6) is 0.0728. The van der Waals surface area contributed by atoms with Crippen LogP contribution in [0.5, 0.6) is 0 Å². The molecule has 136 valence electrons. The van der Waals surface area contributed by atoms with Gasteiger partial charge in [-0.15, -0.1) is 11.8 Å². The van der Waals surface area contributed by atoms with Crippen molar-refractivity contribution in [2.45, 2.75) is 74.5 Å². The highest BCUT2D eigenvalue weighted by Crippen LogP contribution is 2.38. The van der Waals surface area contributed by atoms with Gasteiger partial charge in [0.25, 0.3) is 0 Å². The molecule has 1 fully saturated rings. The van der Waals surface area contributed by atoms with Crippen molar-refractivity contribution in [3.8, 4) is 0 Å². The molecule has 4 nitrogen and oxygen atoms in total. The third kappa shape index (κ3) is 5.00. The van der Waals surface area contributed by atoms with Gasteiger partial charge >= 0.3 is 0 Å². The van der Waals surface area contributed by atoms with Gasteiger partial charge < -0.3 is 10.2 Å². The molecule has 1 aromatic carbocycles. The molecule has 2 amide bonds. The van der Waals surface area contributed by atoms with E-state index in [-0.39, 0.29) is 24.7 Å². The topological polar surface area (TPSA) is 49.4 Å². The average Bonchev–Trinajstić information content (AvgIpc) is 2.87. The maximum absolute atomic E-state index is 12.7. The van der Waals surface area contributed by atoms with Crippen molar-refractivity contribution >= 4 is 29.3 Å². The lowest BCUT2D eigenvalue weighted by atomic mass is 10.1. The fourth-order valence-electron chi connectivity index (χ4n) is 3.70. The van der Waals surface area contributed by atoms with Gasteiger partial charge in [-0.05, 0) is 25.0 Å². The predicted molar refractivity (Wildman–Crippen MR) is 103 cm³/mol. The van der Waals surface area contributed by atoms with E-state index in [1.165, 1.54) is 25.7 Å². The minimum absolute atomic E-state index is 0.0213. The highest BCUT2D eigenvalue weighted by atomic mass is 32.2. The van der Waals surface area contributed by atoms with Crippen molar-refractivity contribution < 1.29 is 9.59 Å². The van der Waals surface area contributed by atoms with E-state index in [4.69, 9.17) is 0 Å². The minimum atomic E-state index is 0.0213. The summed E-state index contributed by atoms with van der Waals surface area (Å²) in [5.41, 5.74) is 0.986. The third-order valence-corrected chi connectivity index (χ3v) is 6.16. The largest absolute Gasteiger partial charge is 0.353 e. The first-order chi connectivity index (χ1) is 12.1. The van der Waals surface area contributed by atoms with Gasteiger partial charge in [-0.3, -0.25) is 9.59 Å². The Morgan fingerprint density at radius 1 is 1.12 bits per heavy atom. The van der Waals surface area contributed by atoms with Gasteiger partial charge in [-0.1, -0.05) is 44.7 Å². The number of nitrogens with zero attached hydrogens (tertiary/aromatic N) is 1. The lowest BCUT2D eigenvalue weighted by Crippen LogP contribution is -2.40. The number of fused-ring (bicyclic) bond motifs is 1. The molecule has 1 aliphatic carbocycles. The highest BCUT2D eigenvalue weighted by Gasteiger charge is 2.27. The second kappa shape index (κ2) is 8.75. The maximum atomic E-state index is 12.7. The zero-order valence-electron chi connectivity index (χ0n) is 15.0. The summed E-state index contributed by atoms with van der Waals surface area (Å²) in [7, 11) is 0. The summed E-state index contributed by atoms with van der Waals surface area (Å²) in [5, 5.41) is 3.51. The number of carbonyl (C=O) groups is 2. The van der Waals surface area contributed by atoms with E-state index in [9.17, 15) is 9.59 Å². The summed E-state index contributed by atoms with van der Waals surface area (Å²) in [4.78, 5) is 27.9. The highest BCUT2D eigenvalue weighted by molar-refractivity contribution is 8.00. The molecular weight excluding hydrogens is 332 g/mol. The molecule has 0 radical (unpaired) electrons. The monoisotopic (exact) mass is 360 g/mol. The van der Waals surface area contributed by atoms with Crippen molar-refractivity contribution in [2.75, 3.05) is 11.4 Å². The second-order valence-corrected chi connectivity index (χ2v) is 8.64. The van der Waals surface area contributed by atoms with Gasteiger partial charge in [-0.25, -0.2) is 0 Å². The van der Waals surface area contributed by atoms with Crippen LogP contribution in [0, 0.1) is 0 Å². The summed E-state index contributed by atoms with van der Waals surface area (Å²) >= 11 is 1.81. The standard InChI is InChI=1S/C20H28N2O2S/c1-15-14-22(17-10-6-7-11-18(17)25-15)20(24)13-12-19(23)21-16-8-4-2-3-5-9-16/h6-7,10-11,15-16H,2-5,8-9,12-14H2,1H3,(H,21,23). The van der Waals surface area contributed by atoms with Gasteiger partial charge in [0.1, 0.15) is 0 Å². The van der Waals surface area contributed by atoms with E-state index >= 15 is 0 Å². The van der Waals surface area contributed by atoms with Crippen molar-refractivity contribution in [1.29, 1.82) is 0 Å². The average molecular weight is 361 g/mol. The summed E-state index contributed by atoms with van der Waals surface area (Å²) in [6.07, 6.45) is 7.67. The van der Waals surface area contributed by atoms with Crippen molar-refractivity contribution in [2.24, 2.45) is 0 Å². The van der Waals surface area contributed by atoms with E-state index < -0.39 is 0 Å². The maximum Gasteiger partial charge on any atom is 0.227 e. The molecule has 0 saturated heterocycles. The predicted octanol–water partition coefficient (Wildman–Crippen LogP) is 4.13. The van der Waals surface area contributed by atoms with E-state index in [2.05, 4.69) is 18.3 Å². The Labute approximate surface area is 154 Å². The quantitative estimate of drug-likeness (QED) is 0.821. The van der Waals surface area contributed by atoms with Gasteiger partial charge in [0, 0.05) is 35.6 Å². The van der Waals surface area contributed by atoms with Crippen LogP contribution in [0.25, 0.3) is 0 Å². The molecule has 1 aliphatic heterocycles. The third-order valence-electron chi connectivity index (χ3n) is 5.01. The summed E-state index contributed by atoms with van der Waals surface area (Å²) in [6.45, 7) is 2.85. The number of anilines is 1. The van der Waals surface area contributed by atoms with Crippen LogP contribution in [-0.2, 0) is 9.59 Å². The first kappa shape index (κ1) is 18.3. The molecule has 1 aromatic rings. The Hall–Kier alpha value is -1.49. The number of benzene rings is 1. The van der Waals surface area contributed by atoms with Crippen LogP contribution in [0.3, 0.4) is 0 Å². The minimum Gasteiger partial charge on any atom is -0.353 e. The second-order valence-electron chi connectivity index (χ2n) is 7.16. The molecule has 2 aliphatic rings. The molecule has 0 spiro atoms. The van der Waals surface area contributed by atoms with Crippen LogP contribution < -0.4 is 10.2 Å². The molecule has 0 aromatic heterocycles. The van der Waals surface area contributed by atoms with Crippen LogP contribution in [0.2, 0.25) is 0 Å². The SMILES string of the molecule is CC1CN(C(=O)CCC(=O)NC2CCCCCC2)c2ccccc2S1. The molecule has 25 heavy (non-hydrogen) atoms. The molecule has 3 rings (SSSR count). The Bertz CT molecular complexity index is 611. The van der Waals surface area contributed by atoms with Crippen LogP contribution in [0.1, 0.15) is 58.3 Å². The van der Waals surface area contributed by atoms with E-state index in [1.54, 1.807) is 0 Å². The number of rotatable bonds is 4. The molecule has 1 N–H and O–H groups in total. The number of hydrogen-bond acceptors (Lipinski definition) is 3. The van der Waals surface area contributed by atoms with Gasteiger partial charge in [-0.2, -0.15) is 0 Å². The smallest absolute Gasteiger partial charge is 0.227 e. The fraction of sp³-hybridized carbons (Fsp3) is 0.600. The first-order valence-corrected chi connectivity index (χ1v) is 10.4. The van der Waals surface area contributed by atoms with Crippen LogP contribution in [0.15, 0.2) is 29.2 Å². The fourth-order valence-corrected chi connectivity index (χ4v) is 4.82. The normalized spacial score (nSPS) is 21.3. The Morgan fingerprint density at radius 3 is 2.60 bits per heavy atom. The number of hydrogen-bond donors (Lipinski definition) is 1. The Morgan fingerprint density at radius 2 is 1.84 bits per heavy atom. The number of thioether (sulfide) groups is 1. The van der Waals surface area contributed by atoms with Crippen LogP contribution in [-0.4, -0.2) is 29.7 Å². The molecule has 1 heterocycles. The lowest BCUT2D eigenvalue weighted by Gasteiger charge is -2.32. The Kier molecular flexibility index (Phi) is 6.40. The zero-order chi connectivity index (χ0) is 17.6. The van der Waals surface area contributed by atoms with Crippen molar-refractivity contribution in [1.82, 2.24) is 5.32 Å². The van der Waals surface area contributed by atoms with E-state index in [1.807, 2.05) is 34.9 Å². The van der Waals surface area contributed by atoms with Crippen molar-refractivity contribution in [3.05, 3.63) is 24.3 Å². The van der Waals surface area contributed by atoms with Gasteiger partial charge in [0.05, 0.1) is 5.69 Å². The Balaban J connectivity index is 1.53. The molecule has 0 bridgehead atoms. The van der Waals surface area contributed by atoms with Gasteiger partial charge in [0.15, 0.2) is 0 Å². The number of carbonyl (C=O) groups excluding carboxylic acids is 2. The van der Waals surface area contributed by atoms with Crippen LogP contribution >= 0.6 is 11.8 Å². The van der Waals surface area contributed by atoms with Crippen molar-refractivity contribution in [3.63, 3.8) is 0 Å². The summed E-state index contributed by atoms with van der Waals surface area (Å²) in [6, 6.07) is 8.34. The van der Waals surface area contributed by atoms with E-state index in [0.29, 0.717) is 17.8 Å². The lowest BCUT2D eigenvalue weighted by molar-refractivity contribution is -0.125. The molecule has 1 atom stereocenters. The molecule has 1 saturated carbocycles.